The topological polar surface area (TPSA) is 143 Å². The van der Waals surface area contributed by atoms with Gasteiger partial charge in [0.1, 0.15) is 23.5 Å². The van der Waals surface area contributed by atoms with Crippen LogP contribution in [0.5, 0.6) is 0 Å². The minimum atomic E-state index is -1.25. The maximum Gasteiger partial charge on any atom is 0.320 e. The number of nitrogens with zero attached hydrogens (tertiary/aromatic N) is 4. The Kier molecular flexibility index (Phi) is 11.1. The van der Waals surface area contributed by atoms with Crippen molar-refractivity contribution in [3.63, 3.8) is 0 Å². The van der Waals surface area contributed by atoms with E-state index in [-0.39, 0.29) is 17.6 Å². The van der Waals surface area contributed by atoms with Gasteiger partial charge in [0.05, 0.1) is 24.2 Å². The van der Waals surface area contributed by atoms with Crippen molar-refractivity contribution < 1.29 is 33.7 Å². The molecule has 2 fully saturated rings. The van der Waals surface area contributed by atoms with E-state index in [9.17, 15) is 19.5 Å². The molecule has 0 aromatic carbocycles. The van der Waals surface area contributed by atoms with Gasteiger partial charge in [0, 0.05) is 48.6 Å². The number of ether oxygens (including phenoxy) is 3. The minimum absolute atomic E-state index is 0.00408. The molecule has 4 rings (SSSR count). The van der Waals surface area contributed by atoms with Gasteiger partial charge < -0.3 is 19.3 Å². The molecule has 0 radical (unpaired) electrons. The Labute approximate surface area is 270 Å². The predicted octanol–water partition coefficient (Wildman–Crippen LogP) is 4.37. The number of aliphatic hydroxyl groups is 1. The number of ketones is 1. The quantitative estimate of drug-likeness (QED) is 0.429. The molecule has 11 nitrogen and oxygen atoms in total. The SMILES string of the molecule is CCC1OC(=O)C(C)C(O)C(C)CC(C)(OC)CC(C)C(=O)C(C)C2C(SCCn3cnc(-c4cccnc4)n3)C(=O)OC12C. The molecule has 0 saturated carbocycles. The number of rotatable bonds is 7. The summed E-state index contributed by atoms with van der Waals surface area (Å²) in [6, 6.07) is 3.71. The van der Waals surface area contributed by atoms with E-state index in [0.29, 0.717) is 37.4 Å². The fourth-order valence-electron chi connectivity index (χ4n) is 7.21. The first-order chi connectivity index (χ1) is 21.2. The number of thioether (sulfide) groups is 1. The first-order valence-electron chi connectivity index (χ1n) is 15.9. The molecule has 10 atom stereocenters. The van der Waals surface area contributed by atoms with Crippen LogP contribution in [0.25, 0.3) is 11.4 Å². The Morgan fingerprint density at radius 3 is 2.49 bits per heavy atom. The van der Waals surface area contributed by atoms with Crippen molar-refractivity contribution in [3.8, 4) is 11.4 Å². The van der Waals surface area contributed by atoms with Gasteiger partial charge in [-0.1, -0.05) is 27.7 Å². The molecule has 0 aliphatic carbocycles. The highest BCUT2D eigenvalue weighted by atomic mass is 32.2. The second-order valence-electron chi connectivity index (χ2n) is 13.2. The van der Waals surface area contributed by atoms with Crippen LogP contribution in [0.1, 0.15) is 67.7 Å². The summed E-state index contributed by atoms with van der Waals surface area (Å²) in [7, 11) is 1.61. The molecular weight excluding hydrogens is 596 g/mol. The normalized spacial score (nSPS) is 36.6. The first-order valence-corrected chi connectivity index (χ1v) is 16.9. The van der Waals surface area contributed by atoms with Crippen molar-refractivity contribution in [2.24, 2.45) is 29.6 Å². The average Bonchev–Trinajstić information content (AvgIpc) is 3.60. The third kappa shape index (κ3) is 7.44. The molecule has 248 valence electrons. The lowest BCUT2D eigenvalue weighted by Crippen LogP contribution is -2.53. The average molecular weight is 645 g/mol. The third-order valence-electron chi connectivity index (χ3n) is 9.81. The van der Waals surface area contributed by atoms with Crippen LogP contribution >= 0.6 is 11.8 Å². The van der Waals surface area contributed by atoms with E-state index in [1.54, 1.807) is 44.4 Å². The van der Waals surface area contributed by atoms with Gasteiger partial charge in [0.15, 0.2) is 11.4 Å². The lowest BCUT2D eigenvalue weighted by Gasteiger charge is -2.42. The lowest BCUT2D eigenvalue weighted by molar-refractivity contribution is -0.186. The maximum atomic E-state index is 14.1. The monoisotopic (exact) mass is 644 g/mol. The highest BCUT2D eigenvalue weighted by Gasteiger charge is 2.61. The lowest BCUT2D eigenvalue weighted by atomic mass is 9.70. The molecule has 2 aromatic rings. The molecule has 45 heavy (non-hydrogen) atoms. The smallest absolute Gasteiger partial charge is 0.320 e. The van der Waals surface area contributed by atoms with Crippen LogP contribution in [-0.2, 0) is 35.1 Å². The molecule has 2 saturated heterocycles. The third-order valence-corrected chi connectivity index (χ3v) is 11.1. The summed E-state index contributed by atoms with van der Waals surface area (Å²) in [6.07, 6.45) is 4.51. The van der Waals surface area contributed by atoms with Crippen molar-refractivity contribution in [3.05, 3.63) is 30.9 Å². The van der Waals surface area contributed by atoms with E-state index in [4.69, 9.17) is 14.2 Å². The zero-order valence-electron chi connectivity index (χ0n) is 27.6. The molecule has 4 heterocycles. The maximum absolute atomic E-state index is 14.1. The molecule has 0 amide bonds. The zero-order valence-corrected chi connectivity index (χ0v) is 28.5. The number of hydrogen-bond donors (Lipinski definition) is 1. The number of methoxy groups -OCH3 is 1. The fraction of sp³-hybridized carbons (Fsp3) is 0.697. The Morgan fingerprint density at radius 1 is 1.11 bits per heavy atom. The number of aliphatic hydroxyl groups excluding tert-OH is 1. The Hall–Kier alpha value is -2.83. The standard InChI is InChI=1S/C33H48N4O7S/c1-9-24-33(7)25(28(31(41)44-33)45-14-13-37-18-35-29(36-37)23-11-10-12-34-17-23)21(4)26(38)19(2)15-32(6,42-8)16-20(3)27(39)22(5)30(40)43-24/h10-12,17-22,24-25,27-28,39H,9,13-16H2,1-8H3. The number of esters is 2. The number of pyridine rings is 1. The Bertz CT molecular complexity index is 1340. The second kappa shape index (κ2) is 14.3. The van der Waals surface area contributed by atoms with Gasteiger partial charge in [-0.3, -0.25) is 24.0 Å². The highest BCUT2D eigenvalue weighted by molar-refractivity contribution is 8.00. The van der Waals surface area contributed by atoms with Crippen LogP contribution in [0.15, 0.2) is 30.9 Å². The number of cyclic esters (lactones) is 1. The second-order valence-corrected chi connectivity index (χ2v) is 14.5. The van der Waals surface area contributed by atoms with Gasteiger partial charge in [-0.2, -0.15) is 5.10 Å². The summed E-state index contributed by atoms with van der Waals surface area (Å²) in [5, 5.41) is 15.0. The van der Waals surface area contributed by atoms with Crippen LogP contribution < -0.4 is 0 Å². The molecule has 2 aliphatic heterocycles. The number of hydrogen-bond acceptors (Lipinski definition) is 11. The Morgan fingerprint density at radius 2 is 1.84 bits per heavy atom. The van der Waals surface area contributed by atoms with E-state index in [0.717, 1.165) is 5.56 Å². The van der Waals surface area contributed by atoms with Crippen molar-refractivity contribution in [1.29, 1.82) is 0 Å². The largest absolute Gasteiger partial charge is 0.458 e. The number of carbonyl (C=O) groups excluding carboxylic acids is 3. The molecule has 10 unspecified atom stereocenters. The van der Waals surface area contributed by atoms with E-state index < -0.39 is 58.4 Å². The van der Waals surface area contributed by atoms with Crippen LogP contribution in [0.4, 0.5) is 0 Å². The molecule has 2 aliphatic rings. The summed E-state index contributed by atoms with van der Waals surface area (Å²) in [6.45, 7) is 13.3. The summed E-state index contributed by atoms with van der Waals surface area (Å²) < 4.78 is 19.8. The van der Waals surface area contributed by atoms with E-state index in [2.05, 4.69) is 15.1 Å². The summed E-state index contributed by atoms with van der Waals surface area (Å²) in [4.78, 5) is 49.7. The summed E-state index contributed by atoms with van der Waals surface area (Å²) in [5.41, 5.74) is -1.15. The summed E-state index contributed by atoms with van der Waals surface area (Å²) >= 11 is 1.41. The fourth-order valence-corrected chi connectivity index (χ4v) is 8.66. The number of fused-ring (bicyclic) bond motifs is 1. The van der Waals surface area contributed by atoms with Crippen molar-refractivity contribution >= 4 is 29.5 Å². The summed E-state index contributed by atoms with van der Waals surface area (Å²) in [5.74, 6) is -2.56. The predicted molar refractivity (Wildman–Crippen MR) is 170 cm³/mol. The first kappa shape index (κ1) is 35.0. The van der Waals surface area contributed by atoms with Gasteiger partial charge in [-0.05, 0) is 58.1 Å². The zero-order chi connectivity index (χ0) is 33.1. The Balaban J connectivity index is 1.63. The van der Waals surface area contributed by atoms with Crippen LogP contribution in [0.3, 0.4) is 0 Å². The number of Topliss-reactive ketones (excluding diaryl/α,β-unsaturated/α-hetero) is 1. The highest BCUT2D eigenvalue weighted by Crippen LogP contribution is 2.48. The van der Waals surface area contributed by atoms with Crippen molar-refractivity contribution in [2.45, 2.75) is 103 Å². The van der Waals surface area contributed by atoms with Crippen molar-refractivity contribution in [1.82, 2.24) is 19.7 Å². The number of aryl methyl sites for hydroxylation is 1. The van der Waals surface area contributed by atoms with Gasteiger partial charge in [-0.25, -0.2) is 4.98 Å². The number of aromatic nitrogens is 4. The van der Waals surface area contributed by atoms with Gasteiger partial charge in [0.2, 0.25) is 0 Å². The van der Waals surface area contributed by atoms with Crippen LogP contribution in [-0.4, -0.2) is 84.1 Å². The molecule has 0 spiro atoms. The van der Waals surface area contributed by atoms with Gasteiger partial charge in [-0.15, -0.1) is 11.8 Å². The van der Waals surface area contributed by atoms with E-state index in [1.807, 2.05) is 46.8 Å². The molecule has 12 heteroatoms. The van der Waals surface area contributed by atoms with Crippen LogP contribution in [0.2, 0.25) is 0 Å². The van der Waals surface area contributed by atoms with Crippen LogP contribution in [0, 0.1) is 29.6 Å². The molecule has 0 bridgehead atoms. The number of carbonyl (C=O) groups is 3. The van der Waals surface area contributed by atoms with Crippen molar-refractivity contribution in [2.75, 3.05) is 12.9 Å². The minimum Gasteiger partial charge on any atom is -0.458 e. The van der Waals surface area contributed by atoms with E-state index in [1.165, 1.54) is 11.8 Å². The van der Waals surface area contributed by atoms with Gasteiger partial charge in [0.25, 0.3) is 0 Å². The molecular formula is C33H48N4O7S. The van der Waals surface area contributed by atoms with E-state index >= 15 is 0 Å². The van der Waals surface area contributed by atoms with Gasteiger partial charge >= 0.3 is 11.9 Å². The molecule has 1 N–H and O–H groups in total. The molecule has 2 aromatic heterocycles.